The van der Waals surface area contributed by atoms with Crippen molar-refractivity contribution < 1.29 is 18.0 Å². The van der Waals surface area contributed by atoms with Crippen LogP contribution in [0.1, 0.15) is 45.7 Å². The number of rotatable bonds is 9. The summed E-state index contributed by atoms with van der Waals surface area (Å²) in [6, 6.07) is 11.2. The summed E-state index contributed by atoms with van der Waals surface area (Å²) < 4.78 is 26.4. The molecule has 2 aromatic carbocycles. The van der Waals surface area contributed by atoms with E-state index in [1.54, 1.807) is 44.2 Å². The molecule has 0 aliphatic carbocycles. The minimum absolute atomic E-state index is 0.0502. The van der Waals surface area contributed by atoms with E-state index in [0.717, 1.165) is 16.1 Å². The quantitative estimate of drug-likeness (QED) is 0.502. The number of nitrogens with zero attached hydrogens (tertiary/aromatic N) is 2. The number of halogens is 2. The van der Waals surface area contributed by atoms with E-state index >= 15 is 0 Å². The number of likely N-dealkylation sites (N-methyl/N-ethyl adjacent to an activating group) is 1. The third-order valence-electron chi connectivity index (χ3n) is 5.56. The summed E-state index contributed by atoms with van der Waals surface area (Å²) >= 11 is 12.1. The molecule has 0 saturated carbocycles. The van der Waals surface area contributed by atoms with Gasteiger partial charge in [-0.3, -0.25) is 13.9 Å². The molecule has 0 aliphatic rings. The molecule has 0 aliphatic heterocycles. The predicted octanol–water partition coefficient (Wildman–Crippen LogP) is 4.61. The lowest BCUT2D eigenvalue weighted by atomic mass is 9.87. The summed E-state index contributed by atoms with van der Waals surface area (Å²) in [5, 5.41) is 3.40. The second kappa shape index (κ2) is 11.6. The number of benzene rings is 2. The van der Waals surface area contributed by atoms with Gasteiger partial charge in [0.05, 0.1) is 22.0 Å². The van der Waals surface area contributed by atoms with E-state index in [2.05, 4.69) is 26.1 Å². The molecule has 0 fully saturated rings. The highest BCUT2D eigenvalue weighted by Crippen LogP contribution is 2.27. The van der Waals surface area contributed by atoms with Crippen molar-refractivity contribution in [1.29, 1.82) is 0 Å². The number of hydrogen-bond donors (Lipinski definition) is 1. The van der Waals surface area contributed by atoms with Crippen LogP contribution in [0.15, 0.2) is 42.5 Å². The SMILES string of the molecule is CCNC(=O)C(C)N(Cc1ccc(Cl)c(Cl)c1)C(=O)CN(c1ccc(C(C)(C)C)cc1)S(C)(=O)=O. The van der Waals surface area contributed by atoms with E-state index in [4.69, 9.17) is 23.2 Å². The van der Waals surface area contributed by atoms with Crippen molar-refractivity contribution >= 4 is 50.7 Å². The second-order valence-electron chi connectivity index (χ2n) is 9.41. The molecule has 1 unspecified atom stereocenters. The van der Waals surface area contributed by atoms with Crippen molar-refractivity contribution in [2.24, 2.45) is 0 Å². The van der Waals surface area contributed by atoms with E-state index in [1.807, 2.05) is 12.1 Å². The Bertz CT molecular complexity index is 1160. The number of anilines is 1. The van der Waals surface area contributed by atoms with E-state index in [-0.39, 0.29) is 17.9 Å². The molecular formula is C25H33Cl2N3O4S. The van der Waals surface area contributed by atoms with Crippen LogP contribution in [0, 0.1) is 0 Å². The largest absolute Gasteiger partial charge is 0.355 e. The zero-order valence-corrected chi connectivity index (χ0v) is 23.3. The second-order valence-corrected chi connectivity index (χ2v) is 12.1. The molecule has 2 rings (SSSR count). The molecule has 10 heteroatoms. The molecule has 0 saturated heterocycles. The maximum absolute atomic E-state index is 13.5. The highest BCUT2D eigenvalue weighted by atomic mass is 35.5. The van der Waals surface area contributed by atoms with E-state index < -0.39 is 28.5 Å². The molecule has 1 atom stereocenters. The molecule has 0 radical (unpaired) electrons. The van der Waals surface area contributed by atoms with Gasteiger partial charge in [0, 0.05) is 13.1 Å². The molecule has 35 heavy (non-hydrogen) atoms. The Hall–Kier alpha value is -2.29. The number of amides is 2. The Morgan fingerprint density at radius 2 is 1.63 bits per heavy atom. The lowest BCUT2D eigenvalue weighted by Gasteiger charge is -2.31. The normalized spacial score (nSPS) is 12.7. The first-order chi connectivity index (χ1) is 16.1. The van der Waals surface area contributed by atoms with Gasteiger partial charge in [-0.15, -0.1) is 0 Å². The van der Waals surface area contributed by atoms with Crippen molar-refractivity contribution in [1.82, 2.24) is 10.2 Å². The number of nitrogens with one attached hydrogen (secondary N) is 1. The van der Waals surface area contributed by atoms with Gasteiger partial charge in [-0.1, -0.05) is 62.2 Å². The van der Waals surface area contributed by atoms with Crippen LogP contribution in [0.25, 0.3) is 0 Å². The zero-order valence-electron chi connectivity index (χ0n) is 20.9. The zero-order chi connectivity index (χ0) is 26.6. The predicted molar refractivity (Wildman–Crippen MR) is 142 cm³/mol. The van der Waals surface area contributed by atoms with E-state index in [9.17, 15) is 18.0 Å². The van der Waals surface area contributed by atoms with Crippen LogP contribution >= 0.6 is 23.2 Å². The monoisotopic (exact) mass is 541 g/mol. The fraction of sp³-hybridized carbons (Fsp3) is 0.440. The van der Waals surface area contributed by atoms with Crippen LogP contribution < -0.4 is 9.62 Å². The van der Waals surface area contributed by atoms with Gasteiger partial charge in [0.15, 0.2) is 0 Å². The van der Waals surface area contributed by atoms with Crippen LogP contribution in [-0.4, -0.2) is 50.5 Å². The third-order valence-corrected chi connectivity index (χ3v) is 7.44. The van der Waals surface area contributed by atoms with E-state index in [0.29, 0.717) is 27.8 Å². The average Bonchev–Trinajstić information content (AvgIpc) is 2.76. The Morgan fingerprint density at radius 3 is 2.11 bits per heavy atom. The Morgan fingerprint density at radius 1 is 1.03 bits per heavy atom. The lowest BCUT2D eigenvalue weighted by molar-refractivity contribution is -0.139. The van der Waals surface area contributed by atoms with Crippen LogP contribution in [0.5, 0.6) is 0 Å². The number of hydrogen-bond acceptors (Lipinski definition) is 4. The average molecular weight is 543 g/mol. The Balaban J connectivity index is 2.41. The highest BCUT2D eigenvalue weighted by Gasteiger charge is 2.30. The summed E-state index contributed by atoms with van der Waals surface area (Å²) in [5.74, 6) is -0.874. The molecule has 7 nitrogen and oxygen atoms in total. The van der Waals surface area contributed by atoms with Gasteiger partial charge in [0.25, 0.3) is 0 Å². The minimum Gasteiger partial charge on any atom is -0.355 e. The topological polar surface area (TPSA) is 86.8 Å². The third kappa shape index (κ3) is 7.85. The van der Waals surface area contributed by atoms with Gasteiger partial charge in [-0.25, -0.2) is 8.42 Å². The summed E-state index contributed by atoms with van der Waals surface area (Å²) in [6.07, 6.45) is 1.05. The summed E-state index contributed by atoms with van der Waals surface area (Å²) in [5.41, 5.74) is 1.95. The van der Waals surface area contributed by atoms with Gasteiger partial charge < -0.3 is 10.2 Å². The van der Waals surface area contributed by atoms with Gasteiger partial charge in [-0.2, -0.15) is 0 Å². The first-order valence-electron chi connectivity index (χ1n) is 11.2. The molecular weight excluding hydrogens is 509 g/mol. The lowest BCUT2D eigenvalue weighted by Crippen LogP contribution is -2.51. The van der Waals surface area contributed by atoms with Gasteiger partial charge in [0.2, 0.25) is 21.8 Å². The maximum atomic E-state index is 13.5. The van der Waals surface area contributed by atoms with Crippen LogP contribution in [0.3, 0.4) is 0 Å². The van der Waals surface area contributed by atoms with Crippen molar-refractivity contribution in [2.45, 2.75) is 52.6 Å². The molecule has 2 aromatic rings. The molecule has 2 amide bonds. The Kier molecular flexibility index (Phi) is 9.62. The number of carbonyl (C=O) groups excluding carboxylic acids is 2. The molecule has 0 heterocycles. The van der Waals surface area contributed by atoms with Crippen LogP contribution in [0.4, 0.5) is 5.69 Å². The fourth-order valence-corrected chi connectivity index (χ4v) is 4.65. The minimum atomic E-state index is -3.79. The van der Waals surface area contributed by atoms with Crippen molar-refractivity contribution in [3.05, 3.63) is 63.6 Å². The van der Waals surface area contributed by atoms with Gasteiger partial charge in [-0.05, 0) is 54.7 Å². The Labute approximate surface area is 218 Å². The van der Waals surface area contributed by atoms with E-state index in [1.165, 1.54) is 4.90 Å². The summed E-state index contributed by atoms with van der Waals surface area (Å²) in [7, 11) is -3.79. The van der Waals surface area contributed by atoms with Crippen LogP contribution in [-0.2, 0) is 31.6 Å². The standard InChI is InChI=1S/C25H33Cl2N3O4S/c1-7-28-24(32)17(2)29(15-18-8-13-21(26)22(27)14-18)23(31)16-30(35(6,33)34)20-11-9-19(10-12-20)25(3,4)5/h8-14,17H,7,15-16H2,1-6H3,(H,28,32). The van der Waals surface area contributed by atoms with Gasteiger partial charge >= 0.3 is 0 Å². The highest BCUT2D eigenvalue weighted by molar-refractivity contribution is 7.92. The maximum Gasteiger partial charge on any atom is 0.244 e. The smallest absolute Gasteiger partial charge is 0.244 e. The summed E-state index contributed by atoms with van der Waals surface area (Å²) in [4.78, 5) is 27.4. The number of carbonyl (C=O) groups is 2. The fourth-order valence-electron chi connectivity index (χ4n) is 3.48. The van der Waals surface area contributed by atoms with Crippen molar-refractivity contribution in [3.63, 3.8) is 0 Å². The molecule has 0 aromatic heterocycles. The molecule has 0 bridgehead atoms. The number of sulfonamides is 1. The van der Waals surface area contributed by atoms with Gasteiger partial charge in [0.1, 0.15) is 12.6 Å². The van der Waals surface area contributed by atoms with Crippen LogP contribution in [0.2, 0.25) is 10.0 Å². The first kappa shape index (κ1) is 28.9. The summed E-state index contributed by atoms with van der Waals surface area (Å²) in [6.45, 7) is 9.54. The molecule has 0 spiro atoms. The van der Waals surface area contributed by atoms with Crippen molar-refractivity contribution in [3.8, 4) is 0 Å². The van der Waals surface area contributed by atoms with Crippen molar-refractivity contribution in [2.75, 3.05) is 23.7 Å². The molecule has 1 N–H and O–H groups in total. The first-order valence-corrected chi connectivity index (χ1v) is 13.8. The molecule has 192 valence electrons.